The molecule has 2 aromatic heterocycles. The van der Waals surface area contributed by atoms with E-state index in [1.165, 1.54) is 29.4 Å². The van der Waals surface area contributed by atoms with Crippen LogP contribution >= 0.6 is 0 Å². The first-order valence-electron chi connectivity index (χ1n) is 12.4. The predicted molar refractivity (Wildman–Crippen MR) is 142 cm³/mol. The summed E-state index contributed by atoms with van der Waals surface area (Å²) in [6, 6.07) is 13.5. The van der Waals surface area contributed by atoms with Crippen LogP contribution in [0, 0.1) is 5.82 Å². The van der Waals surface area contributed by atoms with Crippen molar-refractivity contribution in [1.29, 1.82) is 0 Å². The van der Waals surface area contributed by atoms with Gasteiger partial charge in [-0.1, -0.05) is 43.0 Å². The van der Waals surface area contributed by atoms with Crippen LogP contribution < -0.4 is 5.73 Å². The number of nitrogens with two attached hydrogens (primary N) is 1. The summed E-state index contributed by atoms with van der Waals surface area (Å²) in [6.07, 6.45) is 4.44. The number of nitrogens with zero attached hydrogens (tertiary/aromatic N) is 6. The van der Waals surface area contributed by atoms with E-state index in [4.69, 9.17) is 10.8 Å². The number of amides is 2. The van der Waals surface area contributed by atoms with Gasteiger partial charge in [-0.25, -0.2) is 19.0 Å². The van der Waals surface area contributed by atoms with Crippen molar-refractivity contribution in [2.45, 2.75) is 25.4 Å². The minimum Gasteiger partial charge on any atom is -0.383 e. The van der Waals surface area contributed by atoms with Crippen LogP contribution in [-0.2, 0) is 11.3 Å². The highest BCUT2D eigenvalue weighted by Gasteiger charge is 2.28. The monoisotopic (exact) mass is 513 g/mol. The maximum absolute atomic E-state index is 14.1. The second kappa shape index (κ2) is 10.4. The molecule has 0 bridgehead atoms. The maximum atomic E-state index is 14.1. The van der Waals surface area contributed by atoms with E-state index in [2.05, 4.69) is 16.5 Å². The van der Waals surface area contributed by atoms with Gasteiger partial charge in [-0.15, -0.1) is 0 Å². The lowest BCUT2D eigenvalue weighted by molar-refractivity contribution is -0.127. The molecule has 5 rings (SSSR count). The molecule has 9 nitrogen and oxygen atoms in total. The second-order valence-corrected chi connectivity index (χ2v) is 9.37. The van der Waals surface area contributed by atoms with Gasteiger partial charge in [0.2, 0.25) is 5.91 Å². The lowest BCUT2D eigenvalue weighted by Crippen LogP contribution is -2.40. The molecule has 4 aromatic rings. The average Bonchev–Trinajstić information content (AvgIpc) is 3.34. The van der Waals surface area contributed by atoms with Crippen molar-refractivity contribution in [3.63, 3.8) is 0 Å². The molecule has 10 heteroatoms. The molecule has 2 aromatic carbocycles. The number of aromatic nitrogens is 4. The Balaban J connectivity index is 1.42. The van der Waals surface area contributed by atoms with Gasteiger partial charge in [0.05, 0.1) is 17.0 Å². The van der Waals surface area contributed by atoms with E-state index in [0.29, 0.717) is 42.2 Å². The number of halogens is 1. The number of rotatable bonds is 6. The summed E-state index contributed by atoms with van der Waals surface area (Å²) in [5.74, 6) is -0.713. The SMILES string of the molecule is C=CC(=O)N1CCC[C@@H](n2nc(-c3ccc(CN(C)C(=O)c4ccccc4F)cc3)c3c(N)ncnc32)C1. The quantitative estimate of drug-likeness (QED) is 0.393. The number of hydrogen-bond donors (Lipinski definition) is 1. The van der Waals surface area contributed by atoms with Gasteiger partial charge in [0.1, 0.15) is 23.7 Å². The molecule has 1 fully saturated rings. The van der Waals surface area contributed by atoms with Crippen LogP contribution in [0.1, 0.15) is 34.8 Å². The summed E-state index contributed by atoms with van der Waals surface area (Å²) in [6.45, 7) is 5.10. The summed E-state index contributed by atoms with van der Waals surface area (Å²) >= 11 is 0. The fourth-order valence-corrected chi connectivity index (χ4v) is 4.89. The molecule has 194 valence electrons. The van der Waals surface area contributed by atoms with Gasteiger partial charge in [-0.2, -0.15) is 5.10 Å². The van der Waals surface area contributed by atoms with Crippen molar-refractivity contribution >= 4 is 28.7 Å². The van der Waals surface area contributed by atoms with E-state index in [0.717, 1.165) is 24.0 Å². The molecular weight excluding hydrogens is 485 g/mol. The molecule has 3 heterocycles. The standard InChI is InChI=1S/C28H28FN7O2/c1-3-23(37)35-14-6-7-20(16-35)36-27-24(26(30)31-17-32-27)25(33-36)19-12-10-18(11-13-19)15-34(2)28(38)21-8-4-5-9-22(21)29/h3-5,8-13,17,20H,1,6-7,14-16H2,2H3,(H2,30,31,32)/t20-/m1/s1. The van der Waals surface area contributed by atoms with Gasteiger partial charge in [0, 0.05) is 32.2 Å². The van der Waals surface area contributed by atoms with Crippen molar-refractivity contribution in [2.24, 2.45) is 0 Å². The van der Waals surface area contributed by atoms with E-state index < -0.39 is 11.7 Å². The van der Waals surface area contributed by atoms with Crippen molar-refractivity contribution in [1.82, 2.24) is 29.5 Å². The first-order chi connectivity index (χ1) is 18.4. The van der Waals surface area contributed by atoms with Crippen molar-refractivity contribution in [3.05, 3.63) is 84.5 Å². The summed E-state index contributed by atoms with van der Waals surface area (Å²) in [4.78, 5) is 36.8. The van der Waals surface area contributed by atoms with Gasteiger partial charge in [-0.3, -0.25) is 9.59 Å². The normalized spacial score (nSPS) is 15.4. The first-order valence-corrected chi connectivity index (χ1v) is 12.4. The number of piperidine rings is 1. The zero-order chi connectivity index (χ0) is 26.8. The van der Waals surface area contributed by atoms with Gasteiger partial charge in [0.15, 0.2) is 5.65 Å². The summed E-state index contributed by atoms with van der Waals surface area (Å²) in [5, 5.41) is 5.55. The number of nitrogen functional groups attached to an aromatic ring is 1. The Kier molecular flexibility index (Phi) is 6.87. The zero-order valence-corrected chi connectivity index (χ0v) is 21.0. The van der Waals surface area contributed by atoms with E-state index in [-0.39, 0.29) is 17.5 Å². The maximum Gasteiger partial charge on any atom is 0.256 e. The predicted octanol–water partition coefficient (Wildman–Crippen LogP) is 3.84. The highest BCUT2D eigenvalue weighted by Crippen LogP contribution is 2.34. The molecule has 0 saturated carbocycles. The Morgan fingerprint density at radius 3 is 2.68 bits per heavy atom. The average molecular weight is 514 g/mol. The number of carbonyl (C=O) groups is 2. The third-order valence-corrected chi connectivity index (χ3v) is 6.84. The molecule has 0 unspecified atom stereocenters. The Labute approximate surface area is 219 Å². The van der Waals surface area contributed by atoms with Crippen molar-refractivity contribution in [2.75, 3.05) is 25.9 Å². The Bertz CT molecular complexity index is 1520. The van der Waals surface area contributed by atoms with Gasteiger partial charge >= 0.3 is 0 Å². The smallest absolute Gasteiger partial charge is 0.256 e. The molecule has 0 spiro atoms. The van der Waals surface area contributed by atoms with Crippen LogP contribution in [0.3, 0.4) is 0 Å². The molecule has 1 saturated heterocycles. The van der Waals surface area contributed by atoms with Crippen LogP contribution in [0.25, 0.3) is 22.3 Å². The molecule has 2 amide bonds. The second-order valence-electron chi connectivity index (χ2n) is 9.37. The van der Waals surface area contributed by atoms with E-state index >= 15 is 0 Å². The minimum absolute atomic E-state index is 0.0372. The molecule has 38 heavy (non-hydrogen) atoms. The summed E-state index contributed by atoms with van der Waals surface area (Å²) in [7, 11) is 1.64. The number of likely N-dealkylation sites (tertiary alicyclic amines) is 1. The van der Waals surface area contributed by atoms with Crippen molar-refractivity contribution in [3.8, 4) is 11.3 Å². The molecule has 1 aliphatic heterocycles. The van der Waals surface area contributed by atoms with E-state index in [1.54, 1.807) is 24.1 Å². The highest BCUT2D eigenvalue weighted by atomic mass is 19.1. The minimum atomic E-state index is -0.545. The fraction of sp³-hybridized carbons (Fsp3) is 0.250. The third-order valence-electron chi connectivity index (χ3n) is 6.84. The van der Waals surface area contributed by atoms with E-state index in [9.17, 15) is 14.0 Å². The van der Waals surface area contributed by atoms with Crippen molar-refractivity contribution < 1.29 is 14.0 Å². The van der Waals surface area contributed by atoms with Crippen LogP contribution in [0.5, 0.6) is 0 Å². The number of benzene rings is 2. The highest BCUT2D eigenvalue weighted by molar-refractivity contribution is 5.98. The fourth-order valence-electron chi connectivity index (χ4n) is 4.89. The molecule has 0 aliphatic carbocycles. The van der Waals surface area contributed by atoms with Gasteiger partial charge in [0.25, 0.3) is 5.91 Å². The van der Waals surface area contributed by atoms with Gasteiger partial charge < -0.3 is 15.5 Å². The lowest BCUT2D eigenvalue weighted by Gasteiger charge is -2.32. The molecule has 0 radical (unpaired) electrons. The Morgan fingerprint density at radius 2 is 1.95 bits per heavy atom. The summed E-state index contributed by atoms with van der Waals surface area (Å²) < 4.78 is 15.9. The van der Waals surface area contributed by atoms with Gasteiger partial charge in [-0.05, 0) is 36.6 Å². The van der Waals surface area contributed by atoms with Crippen LogP contribution in [0.4, 0.5) is 10.2 Å². The van der Waals surface area contributed by atoms with Crippen LogP contribution in [0.15, 0.2) is 67.5 Å². The number of hydrogen-bond acceptors (Lipinski definition) is 6. The molecule has 1 atom stereocenters. The van der Waals surface area contributed by atoms with Crippen LogP contribution in [-0.4, -0.2) is 61.5 Å². The van der Waals surface area contributed by atoms with Crippen LogP contribution in [0.2, 0.25) is 0 Å². The lowest BCUT2D eigenvalue weighted by atomic mass is 10.1. The number of carbonyl (C=O) groups excluding carboxylic acids is 2. The Hall–Kier alpha value is -4.60. The topological polar surface area (TPSA) is 110 Å². The molecule has 2 N–H and O–H groups in total. The third kappa shape index (κ3) is 4.72. The number of fused-ring (bicyclic) bond motifs is 1. The first kappa shape index (κ1) is 25.1. The Morgan fingerprint density at radius 1 is 1.18 bits per heavy atom. The molecule has 1 aliphatic rings. The largest absolute Gasteiger partial charge is 0.383 e. The zero-order valence-electron chi connectivity index (χ0n) is 21.0. The molecular formula is C28H28FN7O2. The number of anilines is 1. The van der Waals surface area contributed by atoms with E-state index in [1.807, 2.05) is 28.9 Å². The summed E-state index contributed by atoms with van der Waals surface area (Å²) in [5.41, 5.74) is 9.26.